The van der Waals surface area contributed by atoms with E-state index in [0.717, 1.165) is 18.2 Å². The van der Waals surface area contributed by atoms with Crippen molar-refractivity contribution in [1.29, 1.82) is 0 Å². The summed E-state index contributed by atoms with van der Waals surface area (Å²) in [5, 5.41) is 26.2. The van der Waals surface area contributed by atoms with Crippen LogP contribution in [0, 0.1) is 20.2 Å². The average molecular weight is 506 g/mol. The summed E-state index contributed by atoms with van der Waals surface area (Å²) in [6.45, 7) is 6.08. The van der Waals surface area contributed by atoms with Crippen LogP contribution in [0.4, 0.5) is 11.4 Å². The number of benzene rings is 3. The lowest BCUT2D eigenvalue weighted by Gasteiger charge is -2.12. The summed E-state index contributed by atoms with van der Waals surface area (Å²) in [6.07, 6.45) is 2.96. The van der Waals surface area contributed by atoms with Crippen molar-refractivity contribution in [3.05, 3.63) is 105 Å². The van der Waals surface area contributed by atoms with Crippen LogP contribution in [0.15, 0.2) is 78.4 Å². The van der Waals surface area contributed by atoms with Crippen LogP contribution < -0.4 is 19.6 Å². The van der Waals surface area contributed by atoms with Gasteiger partial charge in [0.2, 0.25) is 5.75 Å². The van der Waals surface area contributed by atoms with Crippen molar-refractivity contribution in [3.8, 4) is 23.0 Å². The van der Waals surface area contributed by atoms with Gasteiger partial charge >= 0.3 is 5.69 Å². The first-order chi connectivity index (χ1) is 17.8. The predicted octanol–water partition coefficient (Wildman–Crippen LogP) is 5.02. The Kier molecular flexibility index (Phi) is 8.86. The molecule has 0 saturated carbocycles. The van der Waals surface area contributed by atoms with Crippen molar-refractivity contribution in [2.24, 2.45) is 5.10 Å². The Morgan fingerprint density at radius 3 is 2.49 bits per heavy atom. The Balaban J connectivity index is 1.71. The molecule has 3 aromatic rings. The molecule has 1 N–H and O–H groups in total. The second kappa shape index (κ2) is 12.4. The monoisotopic (exact) mass is 506 g/mol. The topological polar surface area (TPSA) is 155 Å². The third-order valence-electron chi connectivity index (χ3n) is 4.68. The third kappa shape index (κ3) is 7.11. The smallest absolute Gasteiger partial charge is 0.318 e. The van der Waals surface area contributed by atoms with Crippen LogP contribution in [0.1, 0.15) is 22.8 Å². The Hall–Kier alpha value is -5.26. The van der Waals surface area contributed by atoms with E-state index in [-0.39, 0.29) is 18.1 Å². The van der Waals surface area contributed by atoms with Gasteiger partial charge in [-0.3, -0.25) is 25.0 Å². The molecule has 0 saturated heterocycles. The molecule has 37 heavy (non-hydrogen) atoms. The van der Waals surface area contributed by atoms with Crippen LogP contribution in [-0.4, -0.2) is 35.2 Å². The maximum Gasteiger partial charge on any atom is 0.318 e. The highest BCUT2D eigenvalue weighted by molar-refractivity contribution is 5.95. The molecule has 3 aromatic carbocycles. The Morgan fingerprint density at radius 1 is 1.00 bits per heavy atom. The molecule has 0 unspecified atom stereocenters. The molecule has 12 heteroatoms. The number of hydrogen-bond acceptors (Lipinski definition) is 9. The van der Waals surface area contributed by atoms with E-state index >= 15 is 0 Å². The average Bonchev–Trinajstić information content (AvgIpc) is 2.88. The lowest BCUT2D eigenvalue weighted by molar-refractivity contribution is -0.394. The zero-order chi connectivity index (χ0) is 26.8. The number of nitro groups is 2. The molecule has 0 aromatic heterocycles. The van der Waals surface area contributed by atoms with Gasteiger partial charge < -0.3 is 14.2 Å². The van der Waals surface area contributed by atoms with Crippen molar-refractivity contribution in [1.82, 2.24) is 5.43 Å². The summed E-state index contributed by atoms with van der Waals surface area (Å²) < 4.78 is 16.6. The number of nitrogens with one attached hydrogen (secondary N) is 1. The summed E-state index contributed by atoms with van der Waals surface area (Å²) in [5.41, 5.74) is 2.26. The highest BCUT2D eigenvalue weighted by Crippen LogP contribution is 2.34. The molecule has 190 valence electrons. The minimum atomic E-state index is -0.766. The third-order valence-corrected chi connectivity index (χ3v) is 4.68. The van der Waals surface area contributed by atoms with Gasteiger partial charge in [0.25, 0.3) is 11.6 Å². The molecule has 0 aliphatic rings. The van der Waals surface area contributed by atoms with Crippen LogP contribution >= 0.6 is 0 Å². The molecule has 0 spiro atoms. The summed E-state index contributed by atoms with van der Waals surface area (Å²) in [5.74, 6) is 0.465. The van der Waals surface area contributed by atoms with Gasteiger partial charge in [-0.25, -0.2) is 5.43 Å². The minimum Gasteiger partial charge on any atom is -0.490 e. The van der Waals surface area contributed by atoms with E-state index in [2.05, 4.69) is 17.1 Å². The van der Waals surface area contributed by atoms with Crippen LogP contribution in [0.25, 0.3) is 0 Å². The van der Waals surface area contributed by atoms with Gasteiger partial charge in [-0.05, 0) is 48.9 Å². The Labute approximate surface area is 211 Å². The van der Waals surface area contributed by atoms with Crippen LogP contribution in [-0.2, 0) is 0 Å². The van der Waals surface area contributed by atoms with Crippen molar-refractivity contribution in [2.45, 2.75) is 6.92 Å². The first-order valence-electron chi connectivity index (χ1n) is 10.9. The van der Waals surface area contributed by atoms with Crippen LogP contribution in [0.3, 0.4) is 0 Å². The number of rotatable bonds is 12. The van der Waals surface area contributed by atoms with E-state index in [4.69, 9.17) is 14.2 Å². The van der Waals surface area contributed by atoms with E-state index in [9.17, 15) is 25.0 Å². The van der Waals surface area contributed by atoms with E-state index in [0.29, 0.717) is 29.2 Å². The molecule has 0 bridgehead atoms. The fourth-order valence-electron chi connectivity index (χ4n) is 3.05. The summed E-state index contributed by atoms with van der Waals surface area (Å²) in [4.78, 5) is 33.3. The van der Waals surface area contributed by atoms with Crippen LogP contribution in [0.2, 0.25) is 0 Å². The zero-order valence-corrected chi connectivity index (χ0v) is 19.7. The second-order valence-corrected chi connectivity index (χ2v) is 7.23. The molecule has 1 amide bonds. The van der Waals surface area contributed by atoms with Gasteiger partial charge in [0.1, 0.15) is 12.4 Å². The number of non-ortho nitro benzene ring substituents is 1. The number of nitro benzene ring substituents is 2. The SMILES string of the molecule is C=CCOc1ccc(C(=O)N/N=C/c2cccc(Oc3ccc([N+](=O)[O-])cc3[N+](=O)[O-])c2)cc1OCC. The van der Waals surface area contributed by atoms with Crippen molar-refractivity contribution < 1.29 is 28.9 Å². The van der Waals surface area contributed by atoms with Crippen molar-refractivity contribution >= 4 is 23.5 Å². The van der Waals surface area contributed by atoms with Gasteiger partial charge in [0.15, 0.2) is 11.5 Å². The standard InChI is InChI=1S/C25H22N4O8/c1-3-12-36-23-10-8-18(14-24(23)35-4-2)25(30)27-26-16-17-6-5-7-20(13-17)37-22-11-9-19(28(31)32)15-21(22)29(33)34/h3,5-11,13-16H,1,4,12H2,2H3,(H,27,30)/b26-16+. The molecule has 0 radical (unpaired) electrons. The fourth-order valence-corrected chi connectivity index (χ4v) is 3.05. The Bertz CT molecular complexity index is 1360. The second-order valence-electron chi connectivity index (χ2n) is 7.23. The van der Waals surface area contributed by atoms with Crippen molar-refractivity contribution in [3.63, 3.8) is 0 Å². The maximum absolute atomic E-state index is 12.5. The normalized spacial score (nSPS) is 10.5. The lowest BCUT2D eigenvalue weighted by atomic mass is 10.2. The van der Waals surface area contributed by atoms with E-state index in [1.807, 2.05) is 6.92 Å². The summed E-state index contributed by atoms with van der Waals surface area (Å²) >= 11 is 0. The molecule has 0 heterocycles. The van der Waals surface area contributed by atoms with E-state index < -0.39 is 27.1 Å². The molecular weight excluding hydrogens is 484 g/mol. The molecule has 0 atom stereocenters. The van der Waals surface area contributed by atoms with Gasteiger partial charge in [0.05, 0.1) is 28.7 Å². The number of ether oxygens (including phenoxy) is 3. The number of carbonyl (C=O) groups excluding carboxylic acids is 1. The maximum atomic E-state index is 12.5. The molecule has 3 rings (SSSR count). The minimum absolute atomic E-state index is 0.163. The molecule has 0 aliphatic carbocycles. The summed E-state index contributed by atoms with van der Waals surface area (Å²) in [6, 6.07) is 14.2. The predicted molar refractivity (Wildman–Crippen MR) is 135 cm³/mol. The van der Waals surface area contributed by atoms with Gasteiger partial charge in [-0.1, -0.05) is 24.8 Å². The van der Waals surface area contributed by atoms with E-state index in [1.54, 1.807) is 42.5 Å². The fraction of sp³-hybridized carbons (Fsp3) is 0.120. The lowest BCUT2D eigenvalue weighted by Crippen LogP contribution is -2.17. The summed E-state index contributed by atoms with van der Waals surface area (Å²) in [7, 11) is 0. The first kappa shape index (κ1) is 26.3. The number of hydrogen-bond donors (Lipinski definition) is 1. The van der Waals surface area contributed by atoms with E-state index in [1.165, 1.54) is 12.3 Å². The molecule has 0 aliphatic heterocycles. The van der Waals surface area contributed by atoms with Crippen LogP contribution in [0.5, 0.6) is 23.0 Å². The number of carbonyl (C=O) groups is 1. The zero-order valence-electron chi connectivity index (χ0n) is 19.7. The molecule has 12 nitrogen and oxygen atoms in total. The van der Waals surface area contributed by atoms with Gasteiger partial charge in [0, 0.05) is 11.6 Å². The Morgan fingerprint density at radius 2 is 1.78 bits per heavy atom. The highest BCUT2D eigenvalue weighted by atomic mass is 16.6. The number of amides is 1. The number of hydrazone groups is 1. The first-order valence-corrected chi connectivity index (χ1v) is 10.9. The molecular formula is C25H22N4O8. The van der Waals surface area contributed by atoms with Crippen molar-refractivity contribution in [2.75, 3.05) is 13.2 Å². The largest absolute Gasteiger partial charge is 0.490 e. The highest BCUT2D eigenvalue weighted by Gasteiger charge is 2.21. The molecule has 0 fully saturated rings. The number of nitrogens with zero attached hydrogens (tertiary/aromatic N) is 3. The van der Waals surface area contributed by atoms with Gasteiger partial charge in [-0.2, -0.15) is 5.10 Å². The van der Waals surface area contributed by atoms with Gasteiger partial charge in [-0.15, -0.1) is 0 Å². The quantitative estimate of drug-likeness (QED) is 0.155.